The van der Waals surface area contributed by atoms with Crippen LogP contribution in [0.3, 0.4) is 0 Å². The number of nitrogens with zero attached hydrogens (tertiary/aromatic N) is 8. The van der Waals surface area contributed by atoms with E-state index in [1.807, 2.05) is 9.13 Å². The molecule has 0 spiro atoms. The van der Waals surface area contributed by atoms with E-state index in [2.05, 4.69) is 30.6 Å². The lowest BCUT2D eigenvalue weighted by molar-refractivity contribution is 0.274. The Kier molecular flexibility index (Phi) is 5.40. The van der Waals surface area contributed by atoms with Gasteiger partial charge in [0.25, 0.3) is 0 Å². The molecule has 4 aromatic heterocycles. The summed E-state index contributed by atoms with van der Waals surface area (Å²) in [6.45, 7) is 1.19. The summed E-state index contributed by atoms with van der Waals surface area (Å²) < 4.78 is 40.7. The van der Waals surface area contributed by atoms with Crippen molar-refractivity contribution in [3.05, 3.63) is 72.4 Å². The summed E-state index contributed by atoms with van der Waals surface area (Å²) in [6.07, 6.45) is 5.70. The van der Waals surface area contributed by atoms with Crippen molar-refractivity contribution in [1.29, 1.82) is 0 Å². The van der Waals surface area contributed by atoms with E-state index in [4.69, 9.17) is 4.74 Å². The number of aryl methyl sites for hydroxylation is 2. The summed E-state index contributed by atoms with van der Waals surface area (Å²) in [5.74, 6) is 1.14. The van der Waals surface area contributed by atoms with E-state index in [-0.39, 0.29) is 12.4 Å². The molecule has 10 nitrogen and oxygen atoms in total. The zero-order chi connectivity index (χ0) is 24.6. The summed E-state index contributed by atoms with van der Waals surface area (Å²) in [4.78, 5) is 8.74. The van der Waals surface area contributed by atoms with E-state index >= 15 is 4.39 Å². The van der Waals surface area contributed by atoms with Crippen molar-refractivity contribution in [1.82, 2.24) is 39.1 Å². The Balaban J connectivity index is 1.32. The quantitative estimate of drug-likeness (QED) is 0.386. The highest BCUT2D eigenvalue weighted by Crippen LogP contribution is 2.34. The Bertz CT molecular complexity index is 1550. The molecular weight excluding hydrogens is 468 g/mol. The van der Waals surface area contributed by atoms with Crippen molar-refractivity contribution in [2.24, 2.45) is 7.05 Å². The molecule has 5 aromatic rings. The zero-order valence-electron chi connectivity index (χ0n) is 19.3. The number of ether oxygens (including phenoxy) is 1. The van der Waals surface area contributed by atoms with Crippen LogP contribution in [0.25, 0.3) is 22.8 Å². The molecule has 1 aliphatic rings. The topological polar surface area (TPSA) is 101 Å². The van der Waals surface area contributed by atoms with Crippen LogP contribution < -0.4 is 10.1 Å². The first-order valence-corrected chi connectivity index (χ1v) is 11.4. The van der Waals surface area contributed by atoms with E-state index in [0.29, 0.717) is 53.5 Å². The molecule has 0 radical (unpaired) electrons. The minimum Gasteiger partial charge on any atom is -0.483 e. The first kappa shape index (κ1) is 21.9. The fourth-order valence-corrected chi connectivity index (χ4v) is 4.25. The third-order valence-corrected chi connectivity index (χ3v) is 6.02. The molecule has 0 saturated heterocycles. The largest absolute Gasteiger partial charge is 0.483 e. The Labute approximate surface area is 204 Å². The number of anilines is 2. The molecule has 0 saturated carbocycles. The number of hydrogen-bond donors (Lipinski definition) is 1. The summed E-state index contributed by atoms with van der Waals surface area (Å²) in [6, 6.07) is 9.61. The van der Waals surface area contributed by atoms with Gasteiger partial charge in [0.1, 0.15) is 18.1 Å². The van der Waals surface area contributed by atoms with Crippen LogP contribution in [0.4, 0.5) is 20.5 Å². The van der Waals surface area contributed by atoms with E-state index in [1.54, 1.807) is 60.7 Å². The van der Waals surface area contributed by atoms with Crippen LogP contribution in [0.2, 0.25) is 0 Å². The number of hydrogen-bond acceptors (Lipinski definition) is 7. The van der Waals surface area contributed by atoms with E-state index in [9.17, 15) is 4.39 Å². The first-order chi connectivity index (χ1) is 17.6. The SMILES string of the molecule is Cn1nccc1Nc1nccc(-c2cn3c(c2F)-c2nnc(COc4ccccc4F)n2CCC3)n1. The van der Waals surface area contributed by atoms with Crippen molar-refractivity contribution in [3.8, 4) is 28.5 Å². The number of rotatable bonds is 6. The van der Waals surface area contributed by atoms with Gasteiger partial charge in [-0.25, -0.2) is 18.7 Å². The molecule has 0 fully saturated rings. The van der Waals surface area contributed by atoms with Gasteiger partial charge in [-0.2, -0.15) is 5.10 Å². The number of fused-ring (bicyclic) bond motifs is 3. The van der Waals surface area contributed by atoms with Gasteiger partial charge in [0.05, 0.1) is 17.5 Å². The van der Waals surface area contributed by atoms with Crippen molar-refractivity contribution in [2.75, 3.05) is 5.32 Å². The van der Waals surface area contributed by atoms with Gasteiger partial charge in [0.15, 0.2) is 29.0 Å². The van der Waals surface area contributed by atoms with Crippen LogP contribution in [-0.2, 0) is 26.7 Å². The van der Waals surface area contributed by atoms with Crippen molar-refractivity contribution < 1.29 is 13.5 Å². The molecular formula is C24H21F2N9O. The molecule has 1 aliphatic heterocycles. The van der Waals surface area contributed by atoms with E-state index in [1.165, 1.54) is 6.07 Å². The smallest absolute Gasteiger partial charge is 0.228 e. The highest BCUT2D eigenvalue weighted by atomic mass is 19.1. The standard InChI is InChI=1S/C24H21F2N9O/c1-33-19(8-10-28-33)30-24-27-9-7-17(29-24)15-13-34-11-4-12-35-20(31-32-23(35)22(34)21(15)26)14-36-18-6-3-2-5-16(18)25/h2-3,5-10,13H,4,11-12,14H2,1H3,(H,27,29,30). The second-order valence-corrected chi connectivity index (χ2v) is 8.29. The van der Waals surface area contributed by atoms with Crippen molar-refractivity contribution >= 4 is 11.8 Å². The normalized spacial score (nSPS) is 12.6. The predicted molar refractivity (Wildman–Crippen MR) is 126 cm³/mol. The molecule has 0 unspecified atom stereocenters. The van der Waals surface area contributed by atoms with Crippen LogP contribution in [0.5, 0.6) is 5.75 Å². The number of halogens is 2. The highest BCUT2D eigenvalue weighted by Gasteiger charge is 2.27. The summed E-state index contributed by atoms with van der Waals surface area (Å²) in [5, 5.41) is 15.7. The van der Waals surface area contributed by atoms with E-state index in [0.717, 1.165) is 6.42 Å². The number of nitrogens with one attached hydrogen (secondary N) is 1. The molecule has 6 rings (SSSR count). The molecule has 182 valence electrons. The van der Waals surface area contributed by atoms with Gasteiger partial charge in [-0.3, -0.25) is 4.68 Å². The molecule has 0 bridgehead atoms. The average molecular weight is 489 g/mol. The first-order valence-electron chi connectivity index (χ1n) is 11.4. The minimum atomic E-state index is -0.459. The van der Waals surface area contributed by atoms with Crippen molar-refractivity contribution in [3.63, 3.8) is 0 Å². The fourth-order valence-electron chi connectivity index (χ4n) is 4.25. The Morgan fingerprint density at radius 2 is 1.94 bits per heavy atom. The second-order valence-electron chi connectivity index (χ2n) is 8.29. The molecule has 5 heterocycles. The van der Waals surface area contributed by atoms with E-state index < -0.39 is 11.6 Å². The Morgan fingerprint density at radius 3 is 2.78 bits per heavy atom. The van der Waals surface area contributed by atoms with Gasteiger partial charge >= 0.3 is 0 Å². The maximum absolute atomic E-state index is 15.9. The Hall–Kier alpha value is -4.61. The predicted octanol–water partition coefficient (Wildman–Crippen LogP) is 3.94. The lowest BCUT2D eigenvalue weighted by Crippen LogP contribution is -2.08. The summed E-state index contributed by atoms with van der Waals surface area (Å²) in [7, 11) is 1.79. The van der Waals surface area contributed by atoms with Gasteiger partial charge in [-0.05, 0) is 24.6 Å². The van der Waals surface area contributed by atoms with Crippen LogP contribution in [0.15, 0.2) is 55.0 Å². The lowest BCUT2D eigenvalue weighted by atomic mass is 10.2. The number of para-hydroxylation sites is 1. The van der Waals surface area contributed by atoms with Crippen molar-refractivity contribution in [2.45, 2.75) is 26.1 Å². The molecule has 0 amide bonds. The summed E-state index contributed by atoms with van der Waals surface area (Å²) >= 11 is 0. The third-order valence-electron chi connectivity index (χ3n) is 6.02. The van der Waals surface area contributed by atoms with Crippen LogP contribution in [-0.4, -0.2) is 39.1 Å². The molecule has 36 heavy (non-hydrogen) atoms. The van der Waals surface area contributed by atoms with Crippen LogP contribution in [0.1, 0.15) is 12.2 Å². The van der Waals surface area contributed by atoms with Gasteiger partial charge in [0.2, 0.25) is 5.95 Å². The molecule has 1 aromatic carbocycles. The van der Waals surface area contributed by atoms with Gasteiger partial charge < -0.3 is 19.2 Å². The zero-order valence-corrected chi connectivity index (χ0v) is 19.3. The fraction of sp³-hybridized carbons (Fsp3) is 0.208. The monoisotopic (exact) mass is 489 g/mol. The molecule has 0 atom stereocenters. The van der Waals surface area contributed by atoms with Crippen LogP contribution in [0, 0.1) is 11.6 Å². The summed E-state index contributed by atoms with van der Waals surface area (Å²) in [5.41, 5.74) is 1.09. The molecule has 12 heteroatoms. The minimum absolute atomic E-state index is 0.0120. The van der Waals surface area contributed by atoms with Gasteiger partial charge in [0, 0.05) is 38.6 Å². The Morgan fingerprint density at radius 1 is 1.06 bits per heavy atom. The van der Waals surface area contributed by atoms with Gasteiger partial charge in [-0.1, -0.05) is 12.1 Å². The maximum Gasteiger partial charge on any atom is 0.228 e. The van der Waals surface area contributed by atoms with Gasteiger partial charge in [-0.15, -0.1) is 10.2 Å². The van der Waals surface area contributed by atoms with Crippen LogP contribution >= 0.6 is 0 Å². The lowest BCUT2D eigenvalue weighted by Gasteiger charge is -2.09. The third kappa shape index (κ3) is 3.85. The number of benzene rings is 1. The second kappa shape index (κ2) is 8.87. The average Bonchev–Trinajstić information content (AvgIpc) is 3.52. The maximum atomic E-state index is 15.9. The molecule has 1 N–H and O–H groups in total. The highest BCUT2D eigenvalue weighted by molar-refractivity contribution is 5.69. The number of aromatic nitrogens is 8. The molecule has 0 aliphatic carbocycles.